The molecule has 4 rings (SSSR count). The maximum atomic E-state index is 13.1. The number of carbonyl (C=O) groups is 1. The summed E-state index contributed by atoms with van der Waals surface area (Å²) in [5, 5.41) is 8.15. The number of nitrogens with zero attached hydrogens (tertiary/aromatic N) is 6. The first-order chi connectivity index (χ1) is 14.3. The minimum atomic E-state index is -4.43. The van der Waals surface area contributed by atoms with Gasteiger partial charge in [-0.3, -0.25) is 9.20 Å². The van der Waals surface area contributed by atoms with Crippen molar-refractivity contribution in [2.45, 2.75) is 51.2 Å². The number of amides is 1. The first-order valence-electron chi connectivity index (χ1n) is 10.0. The Morgan fingerprint density at radius 2 is 2.10 bits per heavy atom. The van der Waals surface area contributed by atoms with Crippen LogP contribution in [0.4, 0.5) is 13.2 Å². The van der Waals surface area contributed by atoms with Crippen molar-refractivity contribution in [3.63, 3.8) is 0 Å². The van der Waals surface area contributed by atoms with Crippen LogP contribution in [0, 0.1) is 6.92 Å². The summed E-state index contributed by atoms with van der Waals surface area (Å²) >= 11 is 0. The van der Waals surface area contributed by atoms with Crippen LogP contribution < -0.4 is 0 Å². The molecule has 160 valence electrons. The van der Waals surface area contributed by atoms with Gasteiger partial charge < -0.3 is 9.47 Å². The molecular weight excluding hydrogens is 397 g/mol. The fraction of sp³-hybridized carbons (Fsp3) is 0.500. The molecule has 1 fully saturated rings. The van der Waals surface area contributed by atoms with Gasteiger partial charge in [0, 0.05) is 50.6 Å². The second-order valence-electron chi connectivity index (χ2n) is 7.65. The van der Waals surface area contributed by atoms with Crippen molar-refractivity contribution in [3.8, 4) is 0 Å². The largest absolute Gasteiger partial charge is 0.417 e. The molecule has 0 N–H and O–H groups in total. The first kappa shape index (κ1) is 20.4. The van der Waals surface area contributed by atoms with E-state index in [0.29, 0.717) is 37.4 Å². The SMILES string of the molecule is Cc1nccn1CCCC(=O)N1CCCC(c2nnc3ccc(C(F)(F)F)cn23)C1. The molecule has 1 amide bonds. The highest BCUT2D eigenvalue weighted by Crippen LogP contribution is 2.31. The summed E-state index contributed by atoms with van der Waals surface area (Å²) in [6.07, 6.45) is 2.90. The number of hydrogen-bond donors (Lipinski definition) is 0. The molecule has 1 aliphatic rings. The quantitative estimate of drug-likeness (QED) is 0.634. The first-order valence-corrected chi connectivity index (χ1v) is 10.0. The van der Waals surface area contributed by atoms with Gasteiger partial charge in [-0.15, -0.1) is 10.2 Å². The number of rotatable bonds is 5. The van der Waals surface area contributed by atoms with E-state index in [2.05, 4.69) is 15.2 Å². The molecule has 1 aliphatic heterocycles. The molecule has 10 heteroatoms. The molecule has 1 atom stereocenters. The van der Waals surface area contributed by atoms with Crippen molar-refractivity contribution in [2.24, 2.45) is 0 Å². The van der Waals surface area contributed by atoms with Crippen LogP contribution in [0.25, 0.3) is 5.65 Å². The Bertz CT molecular complexity index is 1040. The molecule has 7 nitrogen and oxygen atoms in total. The zero-order valence-corrected chi connectivity index (χ0v) is 16.6. The van der Waals surface area contributed by atoms with E-state index >= 15 is 0 Å². The van der Waals surface area contributed by atoms with Crippen LogP contribution in [-0.4, -0.2) is 48.0 Å². The summed E-state index contributed by atoms with van der Waals surface area (Å²) in [4.78, 5) is 18.7. The van der Waals surface area contributed by atoms with Crippen molar-refractivity contribution < 1.29 is 18.0 Å². The number of halogens is 3. The number of piperidine rings is 1. The molecule has 3 aromatic rings. The smallest absolute Gasteiger partial charge is 0.342 e. The van der Waals surface area contributed by atoms with Crippen molar-refractivity contribution in [2.75, 3.05) is 13.1 Å². The van der Waals surface area contributed by atoms with Gasteiger partial charge in [-0.2, -0.15) is 13.2 Å². The van der Waals surface area contributed by atoms with Gasteiger partial charge in [-0.1, -0.05) is 0 Å². The Hall–Kier alpha value is -2.91. The predicted octanol–water partition coefficient (Wildman–Crippen LogP) is 3.44. The maximum absolute atomic E-state index is 13.1. The number of pyridine rings is 1. The zero-order valence-electron chi connectivity index (χ0n) is 16.6. The minimum absolute atomic E-state index is 0.0577. The second-order valence-corrected chi connectivity index (χ2v) is 7.65. The predicted molar refractivity (Wildman–Crippen MR) is 103 cm³/mol. The van der Waals surface area contributed by atoms with Gasteiger partial charge >= 0.3 is 6.18 Å². The second kappa shape index (κ2) is 8.08. The average molecular weight is 420 g/mol. The van der Waals surface area contributed by atoms with Crippen LogP contribution in [0.1, 0.15) is 48.8 Å². The highest BCUT2D eigenvalue weighted by atomic mass is 19.4. The van der Waals surface area contributed by atoms with E-state index in [1.807, 2.05) is 17.7 Å². The topological polar surface area (TPSA) is 68.3 Å². The van der Waals surface area contributed by atoms with Crippen molar-refractivity contribution >= 4 is 11.6 Å². The lowest BCUT2D eigenvalue weighted by Gasteiger charge is -2.32. The molecule has 0 spiro atoms. The summed E-state index contributed by atoms with van der Waals surface area (Å²) in [5.74, 6) is 1.30. The Balaban J connectivity index is 1.43. The standard InChI is InChI=1S/C20H23F3N6O/c1-14-24-8-11-27(14)9-3-5-18(30)28-10-2-4-15(12-28)19-26-25-17-7-6-16(13-29(17)19)20(21,22)23/h6-8,11,13,15H,2-5,9-10,12H2,1H3. The molecule has 0 radical (unpaired) electrons. The lowest BCUT2D eigenvalue weighted by molar-refractivity contribution is -0.137. The van der Waals surface area contributed by atoms with Crippen LogP contribution in [0.5, 0.6) is 0 Å². The van der Waals surface area contributed by atoms with Gasteiger partial charge in [-0.25, -0.2) is 4.98 Å². The molecule has 0 aromatic carbocycles. The van der Waals surface area contributed by atoms with Crippen molar-refractivity contribution in [1.29, 1.82) is 0 Å². The number of aromatic nitrogens is 5. The molecule has 4 heterocycles. The van der Waals surface area contributed by atoms with E-state index in [1.165, 1.54) is 10.5 Å². The molecule has 1 unspecified atom stereocenters. The van der Waals surface area contributed by atoms with Crippen LogP contribution in [-0.2, 0) is 17.5 Å². The Morgan fingerprint density at radius 3 is 2.83 bits per heavy atom. The summed E-state index contributed by atoms with van der Waals surface area (Å²) in [6.45, 7) is 3.75. The molecule has 30 heavy (non-hydrogen) atoms. The molecule has 1 saturated heterocycles. The number of alkyl halides is 3. The average Bonchev–Trinajstić information content (AvgIpc) is 3.33. The summed E-state index contributed by atoms with van der Waals surface area (Å²) in [6, 6.07) is 2.33. The van der Waals surface area contributed by atoms with Crippen LogP contribution in [0.15, 0.2) is 30.7 Å². The third-order valence-corrected chi connectivity index (χ3v) is 5.61. The molecular formula is C20H23F3N6O. The number of hydrogen-bond acceptors (Lipinski definition) is 4. The molecule has 3 aromatic heterocycles. The summed E-state index contributed by atoms with van der Waals surface area (Å²) < 4.78 is 42.7. The normalized spacial score (nSPS) is 17.6. The van der Waals surface area contributed by atoms with Crippen LogP contribution in [0.3, 0.4) is 0 Å². The van der Waals surface area contributed by atoms with Gasteiger partial charge in [-0.05, 0) is 38.3 Å². The summed E-state index contributed by atoms with van der Waals surface area (Å²) in [5.41, 5.74) is -0.369. The third kappa shape index (κ3) is 4.17. The van der Waals surface area contributed by atoms with E-state index in [-0.39, 0.29) is 11.8 Å². The number of carbonyl (C=O) groups excluding carboxylic acids is 1. The Morgan fingerprint density at radius 1 is 1.27 bits per heavy atom. The van der Waals surface area contributed by atoms with E-state index in [4.69, 9.17) is 0 Å². The number of imidazole rings is 1. The van der Waals surface area contributed by atoms with Gasteiger partial charge in [0.05, 0.1) is 5.56 Å². The maximum Gasteiger partial charge on any atom is 0.417 e. The van der Waals surface area contributed by atoms with Crippen LogP contribution >= 0.6 is 0 Å². The Kier molecular flexibility index (Phi) is 5.48. The van der Waals surface area contributed by atoms with Crippen molar-refractivity contribution in [1.82, 2.24) is 29.0 Å². The molecule has 0 bridgehead atoms. The van der Waals surface area contributed by atoms with Gasteiger partial charge in [0.15, 0.2) is 5.65 Å². The minimum Gasteiger partial charge on any atom is -0.342 e. The highest BCUT2D eigenvalue weighted by Gasteiger charge is 2.32. The van der Waals surface area contributed by atoms with E-state index < -0.39 is 11.7 Å². The third-order valence-electron chi connectivity index (χ3n) is 5.61. The monoisotopic (exact) mass is 420 g/mol. The lowest BCUT2D eigenvalue weighted by atomic mass is 9.96. The Labute approximate surface area is 171 Å². The number of fused-ring (bicyclic) bond motifs is 1. The van der Waals surface area contributed by atoms with Gasteiger partial charge in [0.25, 0.3) is 0 Å². The van der Waals surface area contributed by atoms with Gasteiger partial charge in [0.2, 0.25) is 5.91 Å². The molecule has 0 aliphatic carbocycles. The van der Waals surface area contributed by atoms with E-state index in [9.17, 15) is 18.0 Å². The fourth-order valence-corrected chi connectivity index (χ4v) is 3.97. The van der Waals surface area contributed by atoms with E-state index in [0.717, 1.165) is 37.5 Å². The fourth-order valence-electron chi connectivity index (χ4n) is 3.97. The van der Waals surface area contributed by atoms with Gasteiger partial charge in [0.1, 0.15) is 11.6 Å². The zero-order chi connectivity index (χ0) is 21.3. The number of aryl methyl sites for hydroxylation is 2. The number of likely N-dealkylation sites (tertiary alicyclic amines) is 1. The van der Waals surface area contributed by atoms with E-state index in [1.54, 1.807) is 11.1 Å². The lowest BCUT2D eigenvalue weighted by Crippen LogP contribution is -2.39. The summed E-state index contributed by atoms with van der Waals surface area (Å²) in [7, 11) is 0. The van der Waals surface area contributed by atoms with Crippen molar-refractivity contribution in [3.05, 3.63) is 47.9 Å². The molecule has 0 saturated carbocycles. The highest BCUT2D eigenvalue weighted by molar-refractivity contribution is 5.76. The van der Waals surface area contributed by atoms with Crippen LogP contribution in [0.2, 0.25) is 0 Å².